The van der Waals surface area contributed by atoms with E-state index in [9.17, 15) is 0 Å². The average molecular weight is 151 g/mol. The lowest BCUT2D eigenvalue weighted by atomic mass is 10.1. The quantitative estimate of drug-likeness (QED) is 0.285. The van der Waals surface area contributed by atoms with Crippen molar-refractivity contribution in [1.82, 2.24) is 0 Å². The molecule has 1 heterocycles. The number of hydrogen-bond acceptors (Lipinski definition) is 5. The molecule has 10 heavy (non-hydrogen) atoms. The minimum absolute atomic E-state index is 0.153. The lowest BCUT2D eigenvalue weighted by Gasteiger charge is -2.31. The van der Waals surface area contributed by atoms with Crippen LogP contribution in [-0.2, 0) is 4.74 Å². The van der Waals surface area contributed by atoms with Gasteiger partial charge in [-0.2, -0.15) is 0 Å². The molecule has 60 valence electrons. The van der Waals surface area contributed by atoms with Gasteiger partial charge in [-0.25, -0.2) is 0 Å². The van der Waals surface area contributed by atoms with E-state index in [0.717, 1.165) is 0 Å². The molecule has 1 rings (SSSR count). The third-order valence-electron chi connectivity index (χ3n) is 1.47. The van der Waals surface area contributed by atoms with E-state index in [1.807, 2.05) is 0 Å². The molecule has 4 N–H and O–H groups in total. The first-order chi connectivity index (χ1) is 4.63. The lowest BCUT2D eigenvalue weighted by Crippen LogP contribution is -2.52. The first kappa shape index (κ1) is 7.90. The van der Waals surface area contributed by atoms with Crippen LogP contribution in [0.1, 0.15) is 0 Å². The van der Waals surface area contributed by atoms with Crippen molar-refractivity contribution in [2.75, 3.05) is 6.61 Å². The zero-order valence-corrected chi connectivity index (χ0v) is 5.21. The Morgan fingerprint density at radius 2 is 1.60 bits per heavy atom. The Bertz CT molecular complexity index is 103. The smallest absolute Gasteiger partial charge is 0.183 e. The van der Waals surface area contributed by atoms with Gasteiger partial charge in [0.1, 0.15) is 18.3 Å². The highest BCUT2D eigenvalue weighted by Gasteiger charge is 2.36. The topological polar surface area (TPSA) is 90.2 Å². The van der Waals surface area contributed by atoms with Crippen molar-refractivity contribution in [2.45, 2.75) is 24.6 Å². The largest absolute Gasteiger partial charge is 0.388 e. The van der Waals surface area contributed by atoms with E-state index in [1.54, 1.807) is 0 Å². The predicted octanol–water partition coefficient (Wildman–Crippen LogP) is -2.58. The van der Waals surface area contributed by atoms with E-state index in [4.69, 9.17) is 20.4 Å². The highest BCUT2D eigenvalue weighted by atomic mass is 16.7. The van der Waals surface area contributed by atoms with Crippen LogP contribution in [0.2, 0.25) is 0 Å². The number of aliphatic hydroxyl groups is 4. The van der Waals surface area contributed by atoms with Gasteiger partial charge >= 0.3 is 0 Å². The minimum Gasteiger partial charge on any atom is -0.388 e. The predicted molar refractivity (Wildman–Crippen MR) is 30.0 cm³/mol. The molecule has 1 fully saturated rings. The van der Waals surface area contributed by atoms with E-state index in [-0.39, 0.29) is 6.61 Å². The van der Waals surface area contributed by atoms with E-state index in [0.29, 0.717) is 0 Å². The Labute approximate surface area is 57.5 Å². The van der Waals surface area contributed by atoms with Crippen molar-refractivity contribution in [2.24, 2.45) is 0 Å². The van der Waals surface area contributed by atoms with Gasteiger partial charge in [-0.15, -0.1) is 0 Å². The highest BCUT2D eigenvalue weighted by Crippen LogP contribution is 2.12. The summed E-state index contributed by atoms with van der Waals surface area (Å²) in [5, 5.41) is 35.3. The molecule has 0 amide bonds. The molecule has 0 aliphatic carbocycles. The molecule has 0 bridgehead atoms. The van der Waals surface area contributed by atoms with Crippen LogP contribution < -0.4 is 0 Å². The Hall–Kier alpha value is -0.200. The molecule has 0 aromatic carbocycles. The molecule has 0 radical (unpaired) electrons. The maximum atomic E-state index is 8.88. The summed E-state index contributed by atoms with van der Waals surface area (Å²) in [6.07, 6.45) is -5.23. The minimum atomic E-state index is -1.41. The molecule has 1 aliphatic heterocycles. The Morgan fingerprint density at radius 3 is 2.10 bits per heavy atom. The normalized spacial score (nSPS) is 49.2. The molecular formula is C5H10O5. The molecule has 5 heteroatoms. The van der Waals surface area contributed by atoms with Gasteiger partial charge in [0.05, 0.1) is 6.61 Å². The van der Waals surface area contributed by atoms with E-state index < -0.39 is 24.6 Å². The summed E-state index contributed by atoms with van der Waals surface area (Å²) in [7, 11) is 0. The summed E-state index contributed by atoms with van der Waals surface area (Å²) < 4.78 is 4.47. The van der Waals surface area contributed by atoms with Gasteiger partial charge in [0, 0.05) is 0 Å². The van der Waals surface area contributed by atoms with Gasteiger partial charge in [-0.05, 0) is 0 Å². The fourth-order valence-corrected chi connectivity index (χ4v) is 0.791. The lowest BCUT2D eigenvalue weighted by molar-refractivity contribution is -0.252. The van der Waals surface area contributed by atoms with Gasteiger partial charge < -0.3 is 25.2 Å². The van der Waals surface area contributed by atoms with Crippen LogP contribution in [0.3, 0.4) is 0 Å². The van der Waals surface area contributed by atoms with Gasteiger partial charge in [0.2, 0.25) is 0 Å². The Balaban J connectivity index is 2.52. The van der Waals surface area contributed by atoms with Crippen LogP contribution in [-0.4, -0.2) is 51.6 Å². The molecule has 0 saturated carbocycles. The third-order valence-corrected chi connectivity index (χ3v) is 1.47. The zero-order valence-electron chi connectivity index (χ0n) is 5.21. The van der Waals surface area contributed by atoms with Gasteiger partial charge in [0.15, 0.2) is 6.29 Å². The fraction of sp³-hybridized carbons (Fsp3) is 1.00. The van der Waals surface area contributed by atoms with Crippen molar-refractivity contribution in [3.8, 4) is 0 Å². The molecule has 0 aromatic rings. The molecule has 4 atom stereocenters. The van der Waals surface area contributed by atoms with Gasteiger partial charge in [-0.1, -0.05) is 0 Å². The van der Waals surface area contributed by atoms with Crippen LogP contribution in [0.15, 0.2) is 0 Å². The highest BCUT2D eigenvalue weighted by molar-refractivity contribution is 4.81. The van der Waals surface area contributed by atoms with Crippen LogP contribution in [0.5, 0.6) is 0 Å². The van der Waals surface area contributed by atoms with Crippen molar-refractivity contribution in [3.63, 3.8) is 0 Å². The first-order valence-corrected chi connectivity index (χ1v) is 2.97. The maximum absolute atomic E-state index is 8.88. The average Bonchev–Trinajstić information content (AvgIpc) is 1.93. The molecule has 1 saturated heterocycles. The second-order valence-corrected chi connectivity index (χ2v) is 2.27. The Morgan fingerprint density at radius 1 is 1.00 bits per heavy atom. The zero-order chi connectivity index (χ0) is 7.72. The molecular weight excluding hydrogens is 141 g/mol. The van der Waals surface area contributed by atoms with Gasteiger partial charge in [-0.3, -0.25) is 0 Å². The van der Waals surface area contributed by atoms with E-state index in [2.05, 4.69) is 4.74 Å². The summed E-state index contributed by atoms with van der Waals surface area (Å²) >= 11 is 0. The standard InChI is InChI=1S/C5H10O5/c6-2-1-10-5(9)4(8)3(2)7/h2-9H,1H2/t2-,3+,4-,5?/m0/s1/i5+1. The molecule has 1 aliphatic rings. The number of rotatable bonds is 0. The van der Waals surface area contributed by atoms with Crippen LogP contribution in [0.4, 0.5) is 0 Å². The van der Waals surface area contributed by atoms with Crippen molar-refractivity contribution >= 4 is 0 Å². The summed E-state index contributed by atoms with van der Waals surface area (Å²) in [6, 6.07) is 0. The molecule has 0 aromatic heterocycles. The third kappa shape index (κ3) is 1.28. The van der Waals surface area contributed by atoms with E-state index in [1.165, 1.54) is 0 Å². The van der Waals surface area contributed by atoms with Crippen molar-refractivity contribution < 1.29 is 25.2 Å². The number of hydrogen-bond donors (Lipinski definition) is 4. The van der Waals surface area contributed by atoms with Crippen molar-refractivity contribution in [1.29, 1.82) is 0 Å². The van der Waals surface area contributed by atoms with Crippen molar-refractivity contribution in [3.05, 3.63) is 0 Å². The van der Waals surface area contributed by atoms with Crippen LogP contribution in [0, 0.1) is 0 Å². The second kappa shape index (κ2) is 2.81. The summed E-state index contributed by atoms with van der Waals surface area (Å²) in [5.41, 5.74) is 0. The van der Waals surface area contributed by atoms with E-state index >= 15 is 0 Å². The van der Waals surface area contributed by atoms with Gasteiger partial charge in [0.25, 0.3) is 0 Å². The second-order valence-electron chi connectivity index (χ2n) is 2.27. The number of aliphatic hydroxyl groups excluding tert-OH is 4. The van der Waals surface area contributed by atoms with Crippen LogP contribution >= 0.6 is 0 Å². The fourth-order valence-electron chi connectivity index (χ4n) is 0.791. The summed E-state index contributed by atoms with van der Waals surface area (Å²) in [6.45, 7) is -0.153. The summed E-state index contributed by atoms with van der Waals surface area (Å²) in [4.78, 5) is 0. The summed E-state index contributed by atoms with van der Waals surface area (Å²) in [5.74, 6) is 0. The molecule has 0 spiro atoms. The Kier molecular flexibility index (Phi) is 2.22. The first-order valence-electron chi connectivity index (χ1n) is 2.97. The number of ether oxygens (including phenoxy) is 1. The SMILES string of the molecule is O[C@@H]1[C@@H](O)CO[13CH](O)[C@H]1O. The maximum Gasteiger partial charge on any atom is 0.183 e. The molecule has 1 unspecified atom stereocenters. The van der Waals surface area contributed by atoms with Crippen LogP contribution in [0.25, 0.3) is 0 Å². The molecule has 5 nitrogen and oxygen atoms in total. The monoisotopic (exact) mass is 151 g/mol.